The summed E-state index contributed by atoms with van der Waals surface area (Å²) in [6.07, 6.45) is 0. The van der Waals surface area contributed by atoms with Crippen molar-refractivity contribution in [3.05, 3.63) is 41.5 Å². The Morgan fingerprint density at radius 3 is 2.00 bits per heavy atom. The quantitative estimate of drug-likeness (QED) is 0.880. The molecule has 0 unspecified atom stereocenters. The average Bonchev–Trinajstić information content (AvgIpc) is 2.62. The van der Waals surface area contributed by atoms with Crippen molar-refractivity contribution in [2.24, 2.45) is 0 Å². The highest BCUT2D eigenvalue weighted by molar-refractivity contribution is 6.05. The number of methoxy groups -OCH3 is 4. The average molecular weight is 331 g/mol. The molecule has 0 radical (unpaired) electrons. The molecule has 0 heterocycles. The maximum Gasteiger partial charge on any atom is 0.255 e. The molecule has 24 heavy (non-hydrogen) atoms. The third-order valence-corrected chi connectivity index (χ3v) is 3.68. The van der Waals surface area contributed by atoms with E-state index in [0.717, 1.165) is 5.56 Å². The lowest BCUT2D eigenvalue weighted by Crippen LogP contribution is -2.13. The monoisotopic (exact) mass is 331 g/mol. The predicted octanol–water partition coefficient (Wildman–Crippen LogP) is 3.28. The summed E-state index contributed by atoms with van der Waals surface area (Å²) in [6, 6.07) is 8.56. The van der Waals surface area contributed by atoms with Gasteiger partial charge in [0.15, 0.2) is 11.5 Å². The molecule has 0 bridgehead atoms. The number of anilines is 1. The topological polar surface area (TPSA) is 66.0 Å². The van der Waals surface area contributed by atoms with Crippen LogP contribution >= 0.6 is 0 Å². The van der Waals surface area contributed by atoms with Gasteiger partial charge >= 0.3 is 0 Å². The van der Waals surface area contributed by atoms with Gasteiger partial charge in [-0.2, -0.15) is 0 Å². The van der Waals surface area contributed by atoms with Gasteiger partial charge in [0.1, 0.15) is 5.75 Å². The molecule has 2 rings (SSSR count). The third-order valence-electron chi connectivity index (χ3n) is 3.68. The van der Waals surface area contributed by atoms with Gasteiger partial charge in [-0.15, -0.1) is 0 Å². The standard InChI is InChI=1S/C18H21NO5/c1-11-14(10-15(22-3)17(24-5)16(11)23-4)19-18(20)12-6-8-13(21-2)9-7-12/h6-10H,1-5H3,(H,19,20). The van der Waals surface area contributed by atoms with Crippen LogP contribution in [0, 0.1) is 6.92 Å². The first-order chi connectivity index (χ1) is 11.5. The van der Waals surface area contributed by atoms with Gasteiger partial charge in [-0.1, -0.05) is 0 Å². The van der Waals surface area contributed by atoms with Crippen molar-refractivity contribution >= 4 is 11.6 Å². The second-order valence-corrected chi connectivity index (χ2v) is 5.00. The predicted molar refractivity (Wildman–Crippen MR) is 91.8 cm³/mol. The van der Waals surface area contributed by atoms with E-state index in [2.05, 4.69) is 5.32 Å². The van der Waals surface area contributed by atoms with E-state index in [1.807, 2.05) is 6.92 Å². The highest BCUT2D eigenvalue weighted by Crippen LogP contribution is 2.43. The van der Waals surface area contributed by atoms with E-state index in [1.165, 1.54) is 14.2 Å². The highest BCUT2D eigenvalue weighted by Gasteiger charge is 2.19. The molecule has 128 valence electrons. The third kappa shape index (κ3) is 3.37. The largest absolute Gasteiger partial charge is 0.497 e. The van der Waals surface area contributed by atoms with Gasteiger partial charge in [0, 0.05) is 17.2 Å². The zero-order valence-electron chi connectivity index (χ0n) is 14.4. The summed E-state index contributed by atoms with van der Waals surface area (Å²) < 4.78 is 21.1. The Labute approximate surface area is 141 Å². The first-order valence-electron chi connectivity index (χ1n) is 7.30. The fourth-order valence-electron chi connectivity index (χ4n) is 2.37. The van der Waals surface area contributed by atoms with Crippen molar-refractivity contribution < 1.29 is 23.7 Å². The lowest BCUT2D eigenvalue weighted by Gasteiger charge is -2.18. The highest BCUT2D eigenvalue weighted by atomic mass is 16.5. The molecule has 0 saturated carbocycles. The van der Waals surface area contributed by atoms with E-state index in [0.29, 0.717) is 34.2 Å². The number of benzene rings is 2. The molecule has 6 heteroatoms. The Morgan fingerprint density at radius 2 is 1.50 bits per heavy atom. The number of carbonyl (C=O) groups is 1. The summed E-state index contributed by atoms with van der Waals surface area (Å²) in [6.45, 7) is 1.84. The zero-order chi connectivity index (χ0) is 17.7. The summed E-state index contributed by atoms with van der Waals surface area (Å²) in [5.41, 5.74) is 1.85. The molecule has 0 aliphatic carbocycles. The summed E-state index contributed by atoms with van der Waals surface area (Å²) >= 11 is 0. The Morgan fingerprint density at radius 1 is 0.875 bits per heavy atom. The molecule has 2 aromatic carbocycles. The second kappa shape index (κ2) is 7.59. The van der Waals surface area contributed by atoms with Crippen molar-refractivity contribution in [1.29, 1.82) is 0 Å². The van der Waals surface area contributed by atoms with Crippen LogP contribution in [0.15, 0.2) is 30.3 Å². The molecule has 0 spiro atoms. The van der Waals surface area contributed by atoms with Gasteiger partial charge in [-0.3, -0.25) is 4.79 Å². The molecule has 6 nitrogen and oxygen atoms in total. The van der Waals surface area contributed by atoms with Crippen LogP contribution in [0.25, 0.3) is 0 Å². The first kappa shape index (κ1) is 17.5. The zero-order valence-corrected chi connectivity index (χ0v) is 14.4. The van der Waals surface area contributed by atoms with Crippen LogP contribution in [0.5, 0.6) is 23.0 Å². The molecular weight excluding hydrogens is 310 g/mol. The minimum atomic E-state index is -0.241. The van der Waals surface area contributed by atoms with Crippen LogP contribution in [0.1, 0.15) is 15.9 Å². The van der Waals surface area contributed by atoms with Crippen LogP contribution in [-0.4, -0.2) is 34.3 Å². The lowest BCUT2D eigenvalue weighted by atomic mass is 10.1. The second-order valence-electron chi connectivity index (χ2n) is 5.00. The fraction of sp³-hybridized carbons (Fsp3) is 0.278. The molecule has 0 fully saturated rings. The number of rotatable bonds is 6. The summed E-state index contributed by atoms with van der Waals surface area (Å²) in [7, 11) is 6.19. The van der Waals surface area contributed by atoms with Gasteiger partial charge in [0.05, 0.1) is 34.1 Å². The number of hydrogen-bond donors (Lipinski definition) is 1. The van der Waals surface area contributed by atoms with Gasteiger partial charge in [-0.05, 0) is 31.2 Å². The van der Waals surface area contributed by atoms with Crippen LogP contribution in [0.4, 0.5) is 5.69 Å². The molecule has 2 aromatic rings. The van der Waals surface area contributed by atoms with Crippen LogP contribution < -0.4 is 24.3 Å². The van der Waals surface area contributed by atoms with Crippen LogP contribution in [0.3, 0.4) is 0 Å². The normalized spacial score (nSPS) is 10.0. The van der Waals surface area contributed by atoms with Crippen LogP contribution in [0.2, 0.25) is 0 Å². The van der Waals surface area contributed by atoms with E-state index in [-0.39, 0.29) is 5.91 Å². The molecule has 1 N–H and O–H groups in total. The molecular formula is C18H21NO5. The summed E-state index contributed by atoms with van der Waals surface area (Å²) in [5, 5.41) is 2.87. The van der Waals surface area contributed by atoms with E-state index in [9.17, 15) is 4.79 Å². The Kier molecular flexibility index (Phi) is 5.52. The van der Waals surface area contributed by atoms with Crippen molar-refractivity contribution in [3.63, 3.8) is 0 Å². The molecule has 0 aromatic heterocycles. The number of amides is 1. The van der Waals surface area contributed by atoms with Crippen molar-refractivity contribution in [2.45, 2.75) is 6.92 Å². The molecule has 0 aliphatic rings. The van der Waals surface area contributed by atoms with Crippen molar-refractivity contribution in [3.8, 4) is 23.0 Å². The Bertz CT molecular complexity index is 725. The Balaban J connectivity index is 2.35. The van der Waals surface area contributed by atoms with E-state index in [4.69, 9.17) is 18.9 Å². The first-order valence-corrected chi connectivity index (χ1v) is 7.30. The van der Waals surface area contributed by atoms with E-state index in [1.54, 1.807) is 44.6 Å². The number of hydrogen-bond acceptors (Lipinski definition) is 5. The van der Waals surface area contributed by atoms with Gasteiger partial charge < -0.3 is 24.3 Å². The van der Waals surface area contributed by atoms with E-state index < -0.39 is 0 Å². The molecule has 1 amide bonds. The molecule has 0 saturated heterocycles. The van der Waals surface area contributed by atoms with E-state index >= 15 is 0 Å². The maximum atomic E-state index is 12.5. The number of ether oxygens (including phenoxy) is 4. The lowest BCUT2D eigenvalue weighted by molar-refractivity contribution is 0.102. The SMILES string of the molecule is COc1ccc(C(=O)Nc2cc(OC)c(OC)c(OC)c2C)cc1. The van der Waals surface area contributed by atoms with Gasteiger partial charge in [0.25, 0.3) is 5.91 Å². The molecule has 0 aliphatic heterocycles. The van der Waals surface area contributed by atoms with Crippen molar-refractivity contribution in [1.82, 2.24) is 0 Å². The van der Waals surface area contributed by atoms with Crippen molar-refractivity contribution in [2.75, 3.05) is 33.8 Å². The van der Waals surface area contributed by atoms with Crippen LogP contribution in [-0.2, 0) is 0 Å². The number of nitrogens with one attached hydrogen (secondary N) is 1. The minimum absolute atomic E-state index is 0.241. The maximum absolute atomic E-state index is 12.5. The Hall–Kier alpha value is -2.89. The number of carbonyl (C=O) groups excluding carboxylic acids is 1. The smallest absolute Gasteiger partial charge is 0.255 e. The fourth-order valence-corrected chi connectivity index (χ4v) is 2.37. The molecule has 0 atom stereocenters. The summed E-state index contributed by atoms with van der Waals surface area (Å²) in [5.74, 6) is 1.93. The summed E-state index contributed by atoms with van der Waals surface area (Å²) in [4.78, 5) is 12.5. The minimum Gasteiger partial charge on any atom is -0.497 e. The van der Waals surface area contributed by atoms with Gasteiger partial charge in [0.2, 0.25) is 5.75 Å². The van der Waals surface area contributed by atoms with Gasteiger partial charge in [-0.25, -0.2) is 0 Å².